The quantitative estimate of drug-likeness (QED) is 0.735. The topological polar surface area (TPSA) is 80.0 Å². The average Bonchev–Trinajstić information content (AvgIpc) is 3.03. The summed E-state index contributed by atoms with van der Waals surface area (Å²) < 4.78 is 43.2. The number of benzene rings is 2. The molecule has 2 N–H and O–H groups in total. The molecule has 0 saturated carbocycles. The van der Waals surface area contributed by atoms with Crippen LogP contribution in [-0.2, 0) is 6.18 Å². The SMILES string of the molecule is O=C(Nc1cccc(C(F)(F)F)c1)Nc1nnc(-c2ccccc2)o1. The zero-order chi connectivity index (χ0) is 17.9. The first-order chi connectivity index (χ1) is 11.9. The van der Waals surface area contributed by atoms with Crippen LogP contribution in [0, 0.1) is 0 Å². The van der Waals surface area contributed by atoms with Crippen LogP contribution in [0.1, 0.15) is 5.56 Å². The lowest BCUT2D eigenvalue weighted by Crippen LogP contribution is -2.20. The van der Waals surface area contributed by atoms with E-state index in [0.29, 0.717) is 5.56 Å². The molecule has 9 heteroatoms. The fraction of sp³-hybridized carbons (Fsp3) is 0.0625. The van der Waals surface area contributed by atoms with Gasteiger partial charge in [0, 0.05) is 11.3 Å². The Morgan fingerprint density at radius 3 is 2.44 bits per heavy atom. The van der Waals surface area contributed by atoms with Gasteiger partial charge in [0.2, 0.25) is 5.89 Å². The summed E-state index contributed by atoms with van der Waals surface area (Å²) >= 11 is 0. The lowest BCUT2D eigenvalue weighted by molar-refractivity contribution is -0.137. The molecule has 0 bridgehead atoms. The van der Waals surface area contributed by atoms with Crippen LogP contribution in [-0.4, -0.2) is 16.2 Å². The van der Waals surface area contributed by atoms with E-state index < -0.39 is 17.8 Å². The molecular weight excluding hydrogens is 337 g/mol. The van der Waals surface area contributed by atoms with Gasteiger partial charge in [-0.3, -0.25) is 5.32 Å². The molecule has 0 saturated heterocycles. The number of nitrogens with zero attached hydrogens (tertiary/aromatic N) is 2. The summed E-state index contributed by atoms with van der Waals surface area (Å²) in [5, 5.41) is 12.0. The molecule has 0 unspecified atom stereocenters. The Kier molecular flexibility index (Phi) is 4.38. The molecule has 0 atom stereocenters. The van der Waals surface area contributed by atoms with Crippen molar-refractivity contribution < 1.29 is 22.4 Å². The first kappa shape index (κ1) is 16.5. The van der Waals surface area contributed by atoms with Gasteiger partial charge in [-0.25, -0.2) is 4.79 Å². The van der Waals surface area contributed by atoms with Crippen molar-refractivity contribution in [2.75, 3.05) is 10.6 Å². The van der Waals surface area contributed by atoms with Crippen LogP contribution >= 0.6 is 0 Å². The Morgan fingerprint density at radius 2 is 1.72 bits per heavy atom. The van der Waals surface area contributed by atoms with Crippen LogP contribution in [0.25, 0.3) is 11.5 Å². The summed E-state index contributed by atoms with van der Waals surface area (Å²) in [6.45, 7) is 0. The third kappa shape index (κ3) is 4.14. The highest BCUT2D eigenvalue weighted by atomic mass is 19.4. The maximum atomic E-state index is 12.7. The number of nitrogens with one attached hydrogen (secondary N) is 2. The predicted octanol–water partition coefficient (Wildman–Crippen LogP) is 4.40. The van der Waals surface area contributed by atoms with Crippen molar-refractivity contribution in [3.8, 4) is 11.5 Å². The number of halogens is 3. The van der Waals surface area contributed by atoms with E-state index in [1.54, 1.807) is 24.3 Å². The highest BCUT2D eigenvalue weighted by Crippen LogP contribution is 2.30. The van der Waals surface area contributed by atoms with Crippen molar-refractivity contribution in [2.45, 2.75) is 6.18 Å². The van der Waals surface area contributed by atoms with Crippen LogP contribution in [0.3, 0.4) is 0 Å². The van der Waals surface area contributed by atoms with Crippen LogP contribution in [0.2, 0.25) is 0 Å². The number of urea groups is 1. The van der Waals surface area contributed by atoms with E-state index >= 15 is 0 Å². The van der Waals surface area contributed by atoms with E-state index in [9.17, 15) is 18.0 Å². The van der Waals surface area contributed by atoms with Gasteiger partial charge in [-0.2, -0.15) is 13.2 Å². The molecule has 6 nitrogen and oxygen atoms in total. The van der Waals surface area contributed by atoms with Gasteiger partial charge < -0.3 is 9.73 Å². The number of amides is 2. The largest absolute Gasteiger partial charge is 0.416 e. The van der Waals surface area contributed by atoms with Crippen LogP contribution in [0.5, 0.6) is 0 Å². The van der Waals surface area contributed by atoms with Crippen molar-refractivity contribution in [1.82, 2.24) is 10.2 Å². The van der Waals surface area contributed by atoms with Crippen LogP contribution < -0.4 is 10.6 Å². The van der Waals surface area contributed by atoms with Gasteiger partial charge in [0.15, 0.2) is 0 Å². The van der Waals surface area contributed by atoms with Gasteiger partial charge in [-0.1, -0.05) is 29.4 Å². The fourth-order valence-corrected chi connectivity index (χ4v) is 2.00. The molecule has 128 valence electrons. The summed E-state index contributed by atoms with van der Waals surface area (Å²) in [4.78, 5) is 11.9. The van der Waals surface area contributed by atoms with Crippen molar-refractivity contribution in [3.63, 3.8) is 0 Å². The van der Waals surface area contributed by atoms with Gasteiger partial charge in [-0.05, 0) is 30.3 Å². The Morgan fingerprint density at radius 1 is 0.960 bits per heavy atom. The summed E-state index contributed by atoms with van der Waals surface area (Å²) in [7, 11) is 0. The van der Waals surface area contributed by atoms with Crippen LogP contribution in [0.4, 0.5) is 29.7 Å². The van der Waals surface area contributed by atoms with E-state index in [1.807, 2.05) is 6.07 Å². The summed E-state index contributed by atoms with van der Waals surface area (Å²) in [5.41, 5.74) is -0.217. The Hall–Kier alpha value is -3.36. The second-order valence-corrected chi connectivity index (χ2v) is 4.94. The lowest BCUT2D eigenvalue weighted by Gasteiger charge is -2.09. The minimum atomic E-state index is -4.49. The highest BCUT2D eigenvalue weighted by Gasteiger charge is 2.30. The molecule has 0 spiro atoms. The van der Waals surface area contributed by atoms with Gasteiger partial charge >= 0.3 is 18.2 Å². The molecule has 0 aliphatic heterocycles. The minimum Gasteiger partial charge on any atom is -0.403 e. The maximum Gasteiger partial charge on any atom is 0.416 e. The molecule has 2 aromatic carbocycles. The van der Waals surface area contributed by atoms with Gasteiger partial charge in [0.05, 0.1) is 5.56 Å². The van der Waals surface area contributed by atoms with Crippen molar-refractivity contribution >= 4 is 17.7 Å². The average molecular weight is 348 g/mol. The first-order valence-corrected chi connectivity index (χ1v) is 7.06. The Labute approximate surface area is 139 Å². The normalized spacial score (nSPS) is 11.2. The molecule has 3 aromatic rings. The second-order valence-electron chi connectivity index (χ2n) is 4.94. The number of hydrogen-bond acceptors (Lipinski definition) is 4. The molecule has 1 aromatic heterocycles. The molecule has 2 amide bonds. The van der Waals surface area contributed by atoms with Gasteiger partial charge in [0.1, 0.15) is 0 Å². The monoisotopic (exact) mass is 348 g/mol. The van der Waals surface area contributed by atoms with Gasteiger partial charge in [0.25, 0.3) is 0 Å². The van der Waals surface area contributed by atoms with E-state index in [1.165, 1.54) is 12.1 Å². The third-order valence-electron chi connectivity index (χ3n) is 3.11. The molecular formula is C16H11F3N4O2. The van der Waals surface area contributed by atoms with E-state index in [4.69, 9.17) is 4.42 Å². The number of carbonyl (C=O) groups is 1. The molecule has 3 rings (SSSR count). The molecule has 0 radical (unpaired) electrons. The molecule has 25 heavy (non-hydrogen) atoms. The van der Waals surface area contributed by atoms with E-state index in [-0.39, 0.29) is 17.6 Å². The smallest absolute Gasteiger partial charge is 0.403 e. The molecule has 0 aliphatic rings. The highest BCUT2D eigenvalue weighted by molar-refractivity contribution is 5.98. The standard InChI is InChI=1S/C16H11F3N4O2/c17-16(18,19)11-7-4-8-12(9-11)20-14(24)21-15-23-22-13(25-15)10-5-2-1-3-6-10/h1-9H,(H2,20,21,23,24). The number of hydrogen-bond donors (Lipinski definition) is 2. The summed E-state index contributed by atoms with van der Waals surface area (Å²) in [5.74, 6) is 0.204. The summed E-state index contributed by atoms with van der Waals surface area (Å²) in [6, 6.07) is 12.2. The van der Waals surface area contributed by atoms with E-state index in [2.05, 4.69) is 20.8 Å². The van der Waals surface area contributed by atoms with Crippen LogP contribution in [0.15, 0.2) is 59.0 Å². The number of rotatable bonds is 3. The third-order valence-corrected chi connectivity index (χ3v) is 3.11. The second kappa shape index (κ2) is 6.63. The van der Waals surface area contributed by atoms with E-state index in [0.717, 1.165) is 12.1 Å². The van der Waals surface area contributed by atoms with Crippen molar-refractivity contribution in [3.05, 3.63) is 60.2 Å². The Balaban J connectivity index is 1.67. The molecule has 0 fully saturated rings. The number of anilines is 2. The fourth-order valence-electron chi connectivity index (χ4n) is 2.00. The lowest BCUT2D eigenvalue weighted by atomic mass is 10.2. The predicted molar refractivity (Wildman–Crippen MR) is 83.8 cm³/mol. The first-order valence-electron chi connectivity index (χ1n) is 7.06. The Bertz CT molecular complexity index is 878. The number of aromatic nitrogens is 2. The minimum absolute atomic E-state index is 0.0184. The zero-order valence-corrected chi connectivity index (χ0v) is 12.5. The molecule has 0 aliphatic carbocycles. The maximum absolute atomic E-state index is 12.7. The number of alkyl halides is 3. The number of carbonyl (C=O) groups excluding carboxylic acids is 1. The van der Waals surface area contributed by atoms with Crippen molar-refractivity contribution in [1.29, 1.82) is 0 Å². The zero-order valence-electron chi connectivity index (χ0n) is 12.5. The molecule has 1 heterocycles. The summed E-state index contributed by atoms with van der Waals surface area (Å²) in [6.07, 6.45) is -4.49. The van der Waals surface area contributed by atoms with Crippen molar-refractivity contribution in [2.24, 2.45) is 0 Å². The van der Waals surface area contributed by atoms with Gasteiger partial charge in [-0.15, -0.1) is 5.10 Å².